The molecule has 0 spiro atoms. The third-order valence-electron chi connectivity index (χ3n) is 7.65. The number of oxazole rings is 1. The maximum atomic E-state index is 15.0. The summed E-state index contributed by atoms with van der Waals surface area (Å²) < 4.78 is 70.7. The number of benzene rings is 2. The van der Waals surface area contributed by atoms with E-state index >= 15 is 0 Å². The van der Waals surface area contributed by atoms with Gasteiger partial charge in [-0.3, -0.25) is 9.59 Å². The lowest BCUT2D eigenvalue weighted by atomic mass is 9.88. The molecular weight excluding hydrogens is 652 g/mol. The van der Waals surface area contributed by atoms with Gasteiger partial charge in [0.1, 0.15) is 23.2 Å². The average molecular weight is 687 g/mol. The third-order valence-corrected chi connectivity index (χ3v) is 7.65. The van der Waals surface area contributed by atoms with Crippen LogP contribution in [0.3, 0.4) is 0 Å². The fourth-order valence-electron chi connectivity index (χ4n) is 4.36. The summed E-state index contributed by atoms with van der Waals surface area (Å²) in [6.07, 6.45) is 1.88. The van der Waals surface area contributed by atoms with Crippen molar-refractivity contribution in [3.63, 3.8) is 0 Å². The molecule has 2 unspecified atom stereocenters. The predicted octanol–water partition coefficient (Wildman–Crippen LogP) is 5.54. The van der Waals surface area contributed by atoms with E-state index in [4.69, 9.17) is 14.9 Å². The Morgan fingerprint density at radius 3 is 2.34 bits per heavy atom. The normalized spacial score (nSPS) is 15.3. The molecule has 256 valence electrons. The number of carboxylic acid groups (broad SMARTS) is 1. The summed E-state index contributed by atoms with van der Waals surface area (Å²) in [5.41, 5.74) is 3.57. The SMILES string of the molecule is CC(C)C(C)(NC(=O)C(NC(=O)c1nc(-c2ccc(OC(F)F)c(OCC3CC3)c2)oc1[C@H](C)N)c1ccc(F)cc1F)C(=O)O.Cl. The van der Waals surface area contributed by atoms with Crippen LogP contribution in [-0.4, -0.2) is 46.6 Å². The lowest BCUT2D eigenvalue weighted by Gasteiger charge is -2.32. The molecule has 1 fully saturated rings. The van der Waals surface area contributed by atoms with Gasteiger partial charge in [0.2, 0.25) is 11.8 Å². The number of nitrogens with zero attached hydrogens (tertiary/aromatic N) is 1. The van der Waals surface area contributed by atoms with Gasteiger partial charge >= 0.3 is 12.6 Å². The van der Waals surface area contributed by atoms with Gasteiger partial charge in [0.15, 0.2) is 23.0 Å². The highest BCUT2D eigenvalue weighted by atomic mass is 35.5. The maximum Gasteiger partial charge on any atom is 0.387 e. The zero-order valence-corrected chi connectivity index (χ0v) is 26.6. The molecule has 16 heteroatoms. The summed E-state index contributed by atoms with van der Waals surface area (Å²) in [6, 6.07) is 3.47. The quantitative estimate of drug-likeness (QED) is 0.159. The van der Waals surface area contributed by atoms with Gasteiger partial charge < -0.3 is 35.4 Å². The lowest BCUT2D eigenvalue weighted by Crippen LogP contribution is -2.58. The number of hydrogen-bond acceptors (Lipinski definition) is 8. The topological polar surface area (TPSA) is 166 Å². The minimum Gasteiger partial charge on any atom is -0.489 e. The van der Waals surface area contributed by atoms with E-state index in [1.807, 2.05) is 0 Å². The lowest BCUT2D eigenvalue weighted by molar-refractivity contribution is -0.149. The smallest absolute Gasteiger partial charge is 0.387 e. The first-order valence-electron chi connectivity index (χ1n) is 14.4. The standard InChI is InChI=1S/C31H34F4N4O7.ClH/c1-14(2)31(4,29(42)43)39-27(41)23(19-9-8-18(32)12-20(19)33)37-26(40)24-25(15(3)36)46-28(38-24)17-7-10-21(45-30(34)35)22(11-17)44-13-16-5-6-16;/h7-12,14-16,23,30H,5-6,13,36H2,1-4H3,(H,37,40)(H,39,41)(H,42,43);1H/t15-,23?,31?;/m0./s1. The molecule has 1 saturated carbocycles. The first-order valence-corrected chi connectivity index (χ1v) is 14.4. The van der Waals surface area contributed by atoms with Crippen LogP contribution in [0.25, 0.3) is 11.5 Å². The van der Waals surface area contributed by atoms with Gasteiger partial charge in [-0.05, 0) is 62.8 Å². The van der Waals surface area contributed by atoms with Gasteiger partial charge in [0, 0.05) is 17.2 Å². The number of nitrogens with one attached hydrogen (secondary N) is 2. The Hall–Kier alpha value is -4.37. The summed E-state index contributed by atoms with van der Waals surface area (Å²) >= 11 is 0. The molecule has 11 nitrogen and oxygen atoms in total. The van der Waals surface area contributed by atoms with Crippen molar-refractivity contribution in [1.82, 2.24) is 15.6 Å². The van der Waals surface area contributed by atoms with Crippen molar-refractivity contribution in [3.8, 4) is 23.0 Å². The second-order valence-corrected chi connectivity index (χ2v) is 11.5. The van der Waals surface area contributed by atoms with Crippen LogP contribution in [0, 0.1) is 23.5 Å². The van der Waals surface area contributed by atoms with Crippen LogP contribution in [0.5, 0.6) is 11.5 Å². The average Bonchev–Trinajstić information content (AvgIpc) is 3.69. The van der Waals surface area contributed by atoms with E-state index in [-0.39, 0.29) is 53.6 Å². The maximum absolute atomic E-state index is 15.0. The number of aromatic nitrogens is 1. The molecular formula is C31H35ClF4N4O7. The molecule has 2 amide bonds. The number of aliphatic carboxylic acids is 1. The van der Waals surface area contributed by atoms with Crippen molar-refractivity contribution in [2.75, 3.05) is 6.61 Å². The Morgan fingerprint density at radius 1 is 1.11 bits per heavy atom. The number of rotatable bonds is 14. The number of halogens is 5. The highest BCUT2D eigenvalue weighted by Gasteiger charge is 2.41. The number of carbonyl (C=O) groups is 3. The fraction of sp³-hybridized carbons (Fsp3) is 0.419. The van der Waals surface area contributed by atoms with E-state index in [0.29, 0.717) is 6.07 Å². The van der Waals surface area contributed by atoms with Gasteiger partial charge in [-0.15, -0.1) is 12.4 Å². The van der Waals surface area contributed by atoms with Crippen LogP contribution >= 0.6 is 12.4 Å². The molecule has 1 aliphatic rings. The predicted molar refractivity (Wildman–Crippen MR) is 162 cm³/mol. The van der Waals surface area contributed by atoms with E-state index in [1.54, 1.807) is 13.8 Å². The molecule has 0 radical (unpaired) electrons. The van der Waals surface area contributed by atoms with E-state index in [9.17, 15) is 37.1 Å². The van der Waals surface area contributed by atoms with Crippen molar-refractivity contribution in [3.05, 3.63) is 65.1 Å². The minimum atomic E-state index is -3.11. The monoisotopic (exact) mass is 686 g/mol. The molecule has 47 heavy (non-hydrogen) atoms. The molecule has 3 atom stereocenters. The van der Waals surface area contributed by atoms with E-state index in [0.717, 1.165) is 25.0 Å². The highest BCUT2D eigenvalue weighted by Crippen LogP contribution is 2.37. The van der Waals surface area contributed by atoms with Crippen LogP contribution in [0.2, 0.25) is 0 Å². The van der Waals surface area contributed by atoms with Crippen LogP contribution in [0.1, 0.15) is 74.4 Å². The first kappa shape index (κ1) is 37.1. The van der Waals surface area contributed by atoms with E-state index in [2.05, 4.69) is 20.4 Å². The van der Waals surface area contributed by atoms with E-state index < -0.39 is 70.8 Å². The molecule has 5 N–H and O–H groups in total. The molecule has 4 rings (SSSR count). The molecule has 0 bridgehead atoms. The third kappa shape index (κ3) is 8.71. The molecule has 1 aliphatic carbocycles. The van der Waals surface area contributed by atoms with Gasteiger partial charge in [-0.25, -0.2) is 18.6 Å². The number of amides is 2. The van der Waals surface area contributed by atoms with Crippen molar-refractivity contribution < 1.29 is 50.9 Å². The van der Waals surface area contributed by atoms with Crippen molar-refractivity contribution in [2.24, 2.45) is 17.6 Å². The van der Waals surface area contributed by atoms with Crippen LogP contribution in [0.15, 0.2) is 40.8 Å². The zero-order valence-electron chi connectivity index (χ0n) is 25.8. The Balaban J connectivity index is 0.00000600. The number of carbonyl (C=O) groups excluding carboxylic acids is 2. The minimum absolute atomic E-state index is 0. The van der Waals surface area contributed by atoms with Crippen LogP contribution in [0.4, 0.5) is 17.6 Å². The van der Waals surface area contributed by atoms with Crippen molar-refractivity contribution in [2.45, 2.75) is 64.8 Å². The Bertz CT molecular complexity index is 1620. The number of carboxylic acids is 1. The number of hydrogen-bond donors (Lipinski definition) is 4. The first-order chi connectivity index (χ1) is 21.6. The molecule has 2 aromatic carbocycles. The van der Waals surface area contributed by atoms with Crippen LogP contribution < -0.4 is 25.8 Å². The largest absolute Gasteiger partial charge is 0.489 e. The fourth-order valence-corrected chi connectivity index (χ4v) is 4.36. The summed E-state index contributed by atoms with van der Waals surface area (Å²) in [6.45, 7) is 2.97. The Labute approximate surface area is 273 Å². The molecule has 0 aliphatic heterocycles. The molecule has 1 heterocycles. The Kier molecular flexibility index (Phi) is 11.9. The van der Waals surface area contributed by atoms with E-state index in [1.165, 1.54) is 32.0 Å². The van der Waals surface area contributed by atoms with Crippen molar-refractivity contribution in [1.29, 1.82) is 0 Å². The summed E-state index contributed by atoms with van der Waals surface area (Å²) in [4.78, 5) is 43.4. The van der Waals surface area contributed by atoms with Gasteiger partial charge in [-0.1, -0.05) is 19.9 Å². The number of nitrogens with two attached hydrogens (primary N) is 1. The van der Waals surface area contributed by atoms with Gasteiger partial charge in [-0.2, -0.15) is 8.78 Å². The molecule has 0 saturated heterocycles. The molecule has 3 aromatic rings. The van der Waals surface area contributed by atoms with Crippen molar-refractivity contribution >= 4 is 30.2 Å². The second-order valence-electron chi connectivity index (χ2n) is 11.5. The summed E-state index contributed by atoms with van der Waals surface area (Å²) in [5, 5.41) is 14.5. The Morgan fingerprint density at radius 2 is 1.79 bits per heavy atom. The molecule has 1 aromatic heterocycles. The highest BCUT2D eigenvalue weighted by molar-refractivity contribution is 5.98. The second kappa shape index (κ2) is 15.0. The summed E-state index contributed by atoms with van der Waals surface area (Å²) in [5.74, 6) is -6.56. The summed E-state index contributed by atoms with van der Waals surface area (Å²) in [7, 11) is 0. The van der Waals surface area contributed by atoms with Crippen LogP contribution in [-0.2, 0) is 9.59 Å². The van der Waals surface area contributed by atoms with Gasteiger partial charge in [0.25, 0.3) is 5.91 Å². The zero-order chi connectivity index (χ0) is 33.9. The number of ether oxygens (including phenoxy) is 2. The number of alkyl halides is 2. The van der Waals surface area contributed by atoms with Gasteiger partial charge in [0.05, 0.1) is 12.6 Å².